The second-order valence-electron chi connectivity index (χ2n) is 6.35. The van der Waals surface area contributed by atoms with E-state index >= 15 is 0 Å². The quantitative estimate of drug-likeness (QED) is 0.925. The minimum Gasteiger partial charge on any atom is -0.392 e. The van der Waals surface area contributed by atoms with Crippen molar-refractivity contribution in [3.8, 4) is 6.07 Å². The van der Waals surface area contributed by atoms with Gasteiger partial charge < -0.3 is 14.7 Å². The third-order valence-corrected chi connectivity index (χ3v) is 5.24. The highest BCUT2D eigenvalue weighted by molar-refractivity contribution is 5.54. The first-order valence-electron chi connectivity index (χ1n) is 8.03. The average molecular weight is 301 g/mol. The van der Waals surface area contributed by atoms with Gasteiger partial charge in [-0.1, -0.05) is 0 Å². The van der Waals surface area contributed by atoms with Crippen LogP contribution in [0.5, 0.6) is 0 Å². The summed E-state index contributed by atoms with van der Waals surface area (Å²) in [5.41, 5.74) is 1.45. The number of hydrogen-bond acceptors (Lipinski definition) is 5. The second kappa shape index (κ2) is 5.86. The van der Waals surface area contributed by atoms with E-state index in [0.29, 0.717) is 12.2 Å². The van der Waals surface area contributed by atoms with Crippen molar-refractivity contribution >= 4 is 5.82 Å². The lowest BCUT2D eigenvalue weighted by molar-refractivity contribution is -0.199. The summed E-state index contributed by atoms with van der Waals surface area (Å²) >= 11 is 0. The average Bonchev–Trinajstić information content (AvgIpc) is 2.55. The first kappa shape index (κ1) is 15.3. The molecule has 1 aliphatic heterocycles. The fraction of sp³-hybridized carbons (Fsp3) is 0.647. The van der Waals surface area contributed by atoms with Gasteiger partial charge >= 0.3 is 0 Å². The van der Waals surface area contributed by atoms with Gasteiger partial charge in [0.05, 0.1) is 17.8 Å². The maximum atomic E-state index is 10.3. The number of nitrogens with zero attached hydrogens (tertiary/aromatic N) is 3. The van der Waals surface area contributed by atoms with Gasteiger partial charge in [-0.25, -0.2) is 4.98 Å². The zero-order valence-corrected chi connectivity index (χ0v) is 13.2. The Morgan fingerprint density at radius 3 is 2.77 bits per heavy atom. The normalized spacial score (nSPS) is 26.5. The van der Waals surface area contributed by atoms with Gasteiger partial charge in [0.15, 0.2) is 0 Å². The molecule has 1 saturated heterocycles. The number of hydrogen-bond donors (Lipinski definition) is 1. The van der Waals surface area contributed by atoms with Gasteiger partial charge in [-0.3, -0.25) is 0 Å². The highest BCUT2D eigenvalue weighted by atomic mass is 16.5. The number of aliphatic hydroxyl groups excluding tert-OH is 1. The Balaban J connectivity index is 1.75. The Labute approximate surface area is 131 Å². The molecule has 1 aromatic heterocycles. The van der Waals surface area contributed by atoms with E-state index in [2.05, 4.69) is 16.0 Å². The van der Waals surface area contributed by atoms with Gasteiger partial charge in [0, 0.05) is 37.2 Å². The molecule has 0 radical (unpaired) electrons. The molecule has 22 heavy (non-hydrogen) atoms. The zero-order chi connectivity index (χ0) is 15.7. The van der Waals surface area contributed by atoms with Crippen molar-refractivity contribution in [1.29, 1.82) is 5.26 Å². The standard InChI is InChI=1S/C17H23N3O2/c1-3-22-15-10-14(21)17(15)6-8-20(9-7-17)16-13(11-18)5-4-12(2)19-16/h4-5,14-15,21H,3,6-10H2,1-2H3/t14-,15-/m0/s1. The Morgan fingerprint density at radius 2 is 2.18 bits per heavy atom. The van der Waals surface area contributed by atoms with Gasteiger partial charge in [-0.05, 0) is 38.8 Å². The number of aliphatic hydroxyl groups is 1. The van der Waals surface area contributed by atoms with E-state index in [4.69, 9.17) is 4.74 Å². The van der Waals surface area contributed by atoms with Crippen LogP contribution in [0.15, 0.2) is 12.1 Å². The number of aryl methyl sites for hydroxylation is 1. The van der Waals surface area contributed by atoms with E-state index in [9.17, 15) is 10.4 Å². The van der Waals surface area contributed by atoms with Gasteiger partial charge in [0.1, 0.15) is 11.9 Å². The molecule has 1 spiro atoms. The largest absolute Gasteiger partial charge is 0.392 e. The Morgan fingerprint density at radius 1 is 1.45 bits per heavy atom. The molecule has 1 N–H and O–H groups in total. The number of piperidine rings is 1. The summed E-state index contributed by atoms with van der Waals surface area (Å²) < 4.78 is 5.80. The molecule has 0 unspecified atom stereocenters. The summed E-state index contributed by atoms with van der Waals surface area (Å²) in [5.74, 6) is 0.777. The van der Waals surface area contributed by atoms with Gasteiger partial charge in [0.25, 0.3) is 0 Å². The van der Waals surface area contributed by atoms with E-state index in [1.807, 2.05) is 26.0 Å². The lowest BCUT2D eigenvalue weighted by Gasteiger charge is -2.56. The van der Waals surface area contributed by atoms with Crippen molar-refractivity contribution in [2.75, 3.05) is 24.6 Å². The molecule has 1 saturated carbocycles. The lowest BCUT2D eigenvalue weighted by atomic mass is 9.58. The van der Waals surface area contributed by atoms with Crippen molar-refractivity contribution in [1.82, 2.24) is 4.98 Å². The van der Waals surface area contributed by atoms with Crippen molar-refractivity contribution in [2.24, 2.45) is 5.41 Å². The topological polar surface area (TPSA) is 69.4 Å². The molecule has 0 bridgehead atoms. The van der Waals surface area contributed by atoms with Crippen LogP contribution in [0.25, 0.3) is 0 Å². The summed E-state index contributed by atoms with van der Waals surface area (Å²) in [4.78, 5) is 6.71. The minimum absolute atomic E-state index is 0.0941. The summed E-state index contributed by atoms with van der Waals surface area (Å²) in [6, 6.07) is 5.93. The Hall–Kier alpha value is -1.64. The third kappa shape index (κ3) is 2.37. The molecule has 5 nitrogen and oxygen atoms in total. The predicted octanol–water partition coefficient (Wildman–Crippen LogP) is 2.02. The molecular weight excluding hydrogens is 278 g/mol. The third-order valence-electron chi connectivity index (χ3n) is 5.24. The van der Waals surface area contributed by atoms with Crippen LogP contribution in [0.1, 0.15) is 37.4 Å². The number of aromatic nitrogens is 1. The monoisotopic (exact) mass is 301 g/mol. The Bertz CT molecular complexity index is 586. The van der Waals surface area contributed by atoms with E-state index in [-0.39, 0.29) is 17.6 Å². The Kier molecular flexibility index (Phi) is 4.07. The van der Waals surface area contributed by atoms with Crippen molar-refractivity contribution in [3.63, 3.8) is 0 Å². The number of nitriles is 1. The predicted molar refractivity (Wildman–Crippen MR) is 83.6 cm³/mol. The van der Waals surface area contributed by atoms with E-state index in [0.717, 1.165) is 43.9 Å². The molecule has 2 heterocycles. The zero-order valence-electron chi connectivity index (χ0n) is 13.2. The molecule has 2 atom stereocenters. The second-order valence-corrected chi connectivity index (χ2v) is 6.35. The molecule has 2 aliphatic rings. The van der Waals surface area contributed by atoms with Crippen LogP contribution in [0.3, 0.4) is 0 Å². The maximum absolute atomic E-state index is 10.3. The minimum atomic E-state index is -0.257. The smallest absolute Gasteiger partial charge is 0.146 e. The number of pyridine rings is 1. The molecule has 0 aromatic carbocycles. The van der Waals surface area contributed by atoms with Crippen molar-refractivity contribution in [3.05, 3.63) is 23.4 Å². The summed E-state index contributed by atoms with van der Waals surface area (Å²) in [6.45, 7) is 6.26. The molecule has 1 aromatic rings. The summed E-state index contributed by atoms with van der Waals surface area (Å²) in [5, 5.41) is 19.5. The highest BCUT2D eigenvalue weighted by Gasteiger charge is 2.56. The maximum Gasteiger partial charge on any atom is 0.146 e. The van der Waals surface area contributed by atoms with E-state index in [1.54, 1.807) is 0 Å². The highest BCUT2D eigenvalue weighted by Crippen LogP contribution is 2.51. The summed E-state index contributed by atoms with van der Waals surface area (Å²) in [6.07, 6.45) is 2.45. The van der Waals surface area contributed by atoms with Crippen LogP contribution in [0.4, 0.5) is 5.82 Å². The summed E-state index contributed by atoms with van der Waals surface area (Å²) in [7, 11) is 0. The van der Waals surface area contributed by atoms with Crippen molar-refractivity contribution < 1.29 is 9.84 Å². The van der Waals surface area contributed by atoms with Gasteiger partial charge in [0.2, 0.25) is 0 Å². The lowest BCUT2D eigenvalue weighted by Crippen LogP contribution is -2.62. The van der Waals surface area contributed by atoms with Crippen LogP contribution >= 0.6 is 0 Å². The molecule has 118 valence electrons. The van der Waals surface area contributed by atoms with Gasteiger partial charge in [-0.2, -0.15) is 5.26 Å². The SMILES string of the molecule is CCO[C@H]1C[C@H](O)C12CCN(c1nc(C)ccc1C#N)CC2. The van der Waals surface area contributed by atoms with Crippen LogP contribution in [-0.4, -0.2) is 42.0 Å². The first-order valence-corrected chi connectivity index (χ1v) is 8.03. The van der Waals surface area contributed by atoms with Crippen molar-refractivity contribution in [2.45, 2.75) is 45.3 Å². The van der Waals surface area contributed by atoms with Gasteiger partial charge in [-0.15, -0.1) is 0 Å². The fourth-order valence-corrected chi connectivity index (χ4v) is 3.82. The van der Waals surface area contributed by atoms with Crippen LogP contribution in [0, 0.1) is 23.7 Å². The molecule has 2 fully saturated rings. The molecule has 0 amide bonds. The van der Waals surface area contributed by atoms with Crippen LogP contribution < -0.4 is 4.90 Å². The van der Waals surface area contributed by atoms with Crippen LogP contribution in [0.2, 0.25) is 0 Å². The molecular formula is C17H23N3O2. The number of ether oxygens (including phenoxy) is 1. The number of rotatable bonds is 3. The van der Waals surface area contributed by atoms with Crippen LogP contribution in [-0.2, 0) is 4.74 Å². The molecule has 5 heteroatoms. The molecule has 1 aliphatic carbocycles. The fourth-order valence-electron chi connectivity index (χ4n) is 3.82. The molecule has 3 rings (SSSR count). The number of anilines is 1. The first-order chi connectivity index (χ1) is 10.6. The van der Waals surface area contributed by atoms with E-state index in [1.165, 1.54) is 0 Å². The van der Waals surface area contributed by atoms with E-state index < -0.39 is 0 Å².